The normalized spacial score (nSPS) is 14.3. The molecule has 62 heavy (non-hydrogen) atoms. The first-order valence-corrected chi connectivity index (χ1v) is 21.3. The van der Waals surface area contributed by atoms with E-state index in [9.17, 15) is 0 Å². The Kier molecular flexibility index (Phi) is 8.29. The molecule has 0 fully saturated rings. The molecule has 0 saturated carbocycles. The maximum absolute atomic E-state index is 5.38. The Hall–Kier alpha value is -8.01. The Morgan fingerprint density at radius 3 is 1.60 bits per heavy atom. The monoisotopic (exact) mass is 789 g/mol. The van der Waals surface area contributed by atoms with Crippen molar-refractivity contribution >= 4 is 32.3 Å². The first-order valence-electron chi connectivity index (χ1n) is 21.3. The van der Waals surface area contributed by atoms with Crippen molar-refractivity contribution in [1.82, 2.24) is 15.0 Å². The summed E-state index contributed by atoms with van der Waals surface area (Å²) in [5.74, 6) is 1.92. The number of aromatic nitrogens is 3. The second-order valence-electron chi connectivity index (χ2n) is 16.4. The van der Waals surface area contributed by atoms with Crippen LogP contribution in [0.15, 0.2) is 218 Å². The van der Waals surface area contributed by atoms with Gasteiger partial charge in [-0.25, -0.2) is 15.0 Å². The van der Waals surface area contributed by atoms with Gasteiger partial charge in [0, 0.05) is 22.1 Å². The topological polar surface area (TPSA) is 38.7 Å². The fourth-order valence-electron chi connectivity index (χ4n) is 9.98. The molecule has 290 valence electrons. The fraction of sp³-hybridized carbons (Fsp3) is 0.0339. The Bertz CT molecular complexity index is 3500. The molecule has 0 aliphatic heterocycles. The predicted octanol–water partition coefficient (Wildman–Crippen LogP) is 15.0. The van der Waals surface area contributed by atoms with Crippen LogP contribution in [0.1, 0.15) is 23.6 Å². The average Bonchev–Trinajstić information content (AvgIpc) is 3.62. The van der Waals surface area contributed by atoms with Gasteiger partial charge in [0.1, 0.15) is 0 Å². The second kappa shape index (κ2) is 14.3. The van der Waals surface area contributed by atoms with Gasteiger partial charge in [-0.2, -0.15) is 0 Å². The van der Waals surface area contributed by atoms with Gasteiger partial charge in [-0.15, -0.1) is 0 Å². The SMILES string of the molecule is CC1(c2ccccc2)c2ccccc2-c2cccc(-c3nc(-c4ccc(-c5ccccc5)cc4)nc(-c4ccc(-c5c6ccccc6cc6c5ccc5ccccc56)cc4)n3)c21. The lowest BCUT2D eigenvalue weighted by Crippen LogP contribution is -2.23. The zero-order valence-corrected chi connectivity index (χ0v) is 34.1. The molecular weight excluding hydrogens is 751 g/mol. The molecule has 3 heteroatoms. The number of benzene rings is 10. The van der Waals surface area contributed by atoms with Crippen molar-refractivity contribution in [2.75, 3.05) is 0 Å². The molecule has 3 nitrogen and oxygen atoms in total. The molecule has 1 unspecified atom stereocenters. The van der Waals surface area contributed by atoms with Crippen molar-refractivity contribution < 1.29 is 0 Å². The van der Waals surface area contributed by atoms with Crippen molar-refractivity contribution in [2.24, 2.45) is 0 Å². The Morgan fingerprint density at radius 2 is 0.855 bits per heavy atom. The third-order valence-corrected chi connectivity index (χ3v) is 13.0. The minimum atomic E-state index is -0.428. The Labute approximate surface area is 360 Å². The first-order chi connectivity index (χ1) is 30.6. The predicted molar refractivity (Wildman–Crippen MR) is 257 cm³/mol. The molecule has 0 saturated heterocycles. The summed E-state index contributed by atoms with van der Waals surface area (Å²) in [6.07, 6.45) is 0. The zero-order valence-electron chi connectivity index (χ0n) is 34.1. The molecule has 1 aliphatic carbocycles. The molecule has 12 rings (SSSR count). The summed E-state index contributed by atoms with van der Waals surface area (Å²) in [5.41, 5.74) is 13.3. The van der Waals surface area contributed by atoms with Gasteiger partial charge >= 0.3 is 0 Å². The lowest BCUT2D eigenvalue weighted by molar-refractivity contribution is 0.714. The highest BCUT2D eigenvalue weighted by molar-refractivity contribution is 6.20. The van der Waals surface area contributed by atoms with E-state index >= 15 is 0 Å². The molecule has 0 N–H and O–H groups in total. The van der Waals surface area contributed by atoms with Crippen molar-refractivity contribution in [1.29, 1.82) is 0 Å². The van der Waals surface area contributed by atoms with Crippen molar-refractivity contribution in [2.45, 2.75) is 12.3 Å². The quantitative estimate of drug-likeness (QED) is 0.124. The van der Waals surface area contributed by atoms with Gasteiger partial charge in [0.2, 0.25) is 0 Å². The molecule has 1 aromatic heterocycles. The zero-order chi connectivity index (χ0) is 41.2. The van der Waals surface area contributed by atoms with Gasteiger partial charge in [0.05, 0.1) is 0 Å². The summed E-state index contributed by atoms with van der Waals surface area (Å²) in [4.78, 5) is 16.0. The largest absolute Gasteiger partial charge is 0.208 e. The number of fused-ring (bicyclic) bond motifs is 7. The highest BCUT2D eigenvalue weighted by Gasteiger charge is 2.43. The van der Waals surface area contributed by atoms with Crippen molar-refractivity contribution in [3.63, 3.8) is 0 Å². The summed E-state index contributed by atoms with van der Waals surface area (Å²) < 4.78 is 0. The van der Waals surface area contributed by atoms with E-state index in [0.29, 0.717) is 17.5 Å². The molecular formula is C59H39N3. The van der Waals surface area contributed by atoms with E-state index in [1.807, 2.05) is 6.07 Å². The van der Waals surface area contributed by atoms with Gasteiger partial charge in [0.15, 0.2) is 17.5 Å². The van der Waals surface area contributed by atoms with Gasteiger partial charge in [-0.1, -0.05) is 212 Å². The van der Waals surface area contributed by atoms with E-state index in [2.05, 4.69) is 219 Å². The van der Waals surface area contributed by atoms with Gasteiger partial charge < -0.3 is 0 Å². The molecule has 1 atom stereocenters. The van der Waals surface area contributed by atoms with E-state index in [0.717, 1.165) is 27.8 Å². The molecule has 0 amide bonds. The van der Waals surface area contributed by atoms with E-state index < -0.39 is 5.41 Å². The minimum Gasteiger partial charge on any atom is -0.208 e. The summed E-state index contributed by atoms with van der Waals surface area (Å²) in [6.45, 7) is 2.35. The van der Waals surface area contributed by atoms with Gasteiger partial charge in [-0.05, 0) is 95.4 Å². The van der Waals surface area contributed by atoms with Crippen LogP contribution < -0.4 is 0 Å². The average molecular weight is 790 g/mol. The molecule has 0 spiro atoms. The Morgan fingerprint density at radius 1 is 0.323 bits per heavy atom. The van der Waals surface area contributed by atoms with Crippen LogP contribution >= 0.6 is 0 Å². The van der Waals surface area contributed by atoms with Gasteiger partial charge in [0.25, 0.3) is 0 Å². The number of hydrogen-bond acceptors (Lipinski definition) is 3. The van der Waals surface area contributed by atoms with Crippen LogP contribution in [0.25, 0.3) is 99.9 Å². The summed E-state index contributed by atoms with van der Waals surface area (Å²) in [5, 5.41) is 7.44. The maximum atomic E-state index is 5.38. The number of hydrogen-bond donors (Lipinski definition) is 0. The minimum absolute atomic E-state index is 0.428. The smallest absolute Gasteiger partial charge is 0.164 e. The lowest BCUT2D eigenvalue weighted by atomic mass is 9.72. The van der Waals surface area contributed by atoms with E-state index in [1.54, 1.807) is 0 Å². The van der Waals surface area contributed by atoms with Crippen molar-refractivity contribution in [3.05, 3.63) is 235 Å². The summed E-state index contributed by atoms with van der Waals surface area (Å²) in [7, 11) is 0. The molecule has 0 bridgehead atoms. The van der Waals surface area contributed by atoms with Crippen molar-refractivity contribution in [3.8, 4) is 67.5 Å². The highest BCUT2D eigenvalue weighted by Crippen LogP contribution is 2.55. The highest BCUT2D eigenvalue weighted by atomic mass is 15.0. The third kappa shape index (κ3) is 5.70. The molecule has 0 radical (unpaired) electrons. The van der Waals surface area contributed by atoms with Crippen LogP contribution in [-0.2, 0) is 5.41 Å². The van der Waals surface area contributed by atoms with E-state index in [1.165, 1.54) is 71.3 Å². The molecule has 11 aromatic rings. The van der Waals surface area contributed by atoms with Crippen LogP contribution in [0.3, 0.4) is 0 Å². The standard InChI is InChI=1S/C59H39N3/c1-59(45-19-6-3-7-20-45)53-26-13-12-23-48(53)50-24-14-25-51(55(50)59)58-61-56(42-31-27-39(28-32-42)38-15-4-2-5-16-38)60-57(62-58)43-33-29-41(30-34-43)54-47-22-11-9-18-44(47)37-52-46-21-10-8-17-40(46)35-36-49(52)54/h2-37H,1H3. The number of rotatable bonds is 6. The first kappa shape index (κ1) is 35.9. The van der Waals surface area contributed by atoms with Crippen LogP contribution in [0.2, 0.25) is 0 Å². The maximum Gasteiger partial charge on any atom is 0.164 e. The van der Waals surface area contributed by atoms with Crippen LogP contribution in [0, 0.1) is 0 Å². The second-order valence-corrected chi connectivity index (χ2v) is 16.4. The van der Waals surface area contributed by atoms with E-state index in [-0.39, 0.29) is 0 Å². The summed E-state index contributed by atoms with van der Waals surface area (Å²) >= 11 is 0. The fourth-order valence-corrected chi connectivity index (χ4v) is 9.98. The van der Waals surface area contributed by atoms with Crippen LogP contribution in [-0.4, -0.2) is 15.0 Å². The van der Waals surface area contributed by atoms with Crippen LogP contribution in [0.4, 0.5) is 0 Å². The Balaban J connectivity index is 1.04. The van der Waals surface area contributed by atoms with Crippen LogP contribution in [0.5, 0.6) is 0 Å². The third-order valence-electron chi connectivity index (χ3n) is 13.0. The van der Waals surface area contributed by atoms with E-state index in [4.69, 9.17) is 15.0 Å². The summed E-state index contributed by atoms with van der Waals surface area (Å²) in [6, 6.07) is 78.3. The molecule has 10 aromatic carbocycles. The van der Waals surface area contributed by atoms with Gasteiger partial charge in [-0.3, -0.25) is 0 Å². The molecule has 1 heterocycles. The number of nitrogens with zero attached hydrogens (tertiary/aromatic N) is 3. The molecule has 1 aliphatic rings. The lowest BCUT2D eigenvalue weighted by Gasteiger charge is -2.30.